The Morgan fingerprint density at radius 2 is 2.08 bits per heavy atom. The Morgan fingerprint density at radius 3 is 2.80 bits per heavy atom. The topological polar surface area (TPSA) is 89.6 Å². The molecule has 25 heavy (non-hydrogen) atoms. The normalized spacial score (nSPS) is 10.8. The molecule has 0 saturated carbocycles. The van der Waals surface area contributed by atoms with Crippen LogP contribution in [0.25, 0.3) is 11.3 Å². The highest BCUT2D eigenvalue weighted by Gasteiger charge is 2.05. The summed E-state index contributed by atoms with van der Waals surface area (Å²) in [6.07, 6.45) is 1.52. The molecule has 0 amide bonds. The number of hydrogen-bond donors (Lipinski definition) is 1. The molecule has 0 unspecified atom stereocenters. The number of nitrogens with zero attached hydrogens (tertiary/aromatic N) is 3. The number of ether oxygens (including phenoxy) is 1. The minimum Gasteiger partial charge on any atom is -0.497 e. The fourth-order valence-corrected chi connectivity index (χ4v) is 2.77. The van der Waals surface area contributed by atoms with Crippen LogP contribution < -0.4 is 10.2 Å². The smallest absolute Gasteiger partial charge is 0.270 e. The van der Waals surface area contributed by atoms with Gasteiger partial charge in [0.2, 0.25) is 5.13 Å². The predicted molar refractivity (Wildman–Crippen MR) is 98.4 cm³/mol. The van der Waals surface area contributed by atoms with E-state index in [1.807, 2.05) is 29.6 Å². The highest BCUT2D eigenvalue weighted by Crippen LogP contribution is 2.26. The van der Waals surface area contributed by atoms with E-state index in [2.05, 4.69) is 15.5 Å². The van der Waals surface area contributed by atoms with Crippen molar-refractivity contribution in [3.05, 3.63) is 69.6 Å². The molecule has 0 saturated heterocycles. The molecule has 8 heteroatoms. The van der Waals surface area contributed by atoms with E-state index >= 15 is 0 Å². The second-order valence-electron chi connectivity index (χ2n) is 4.99. The molecule has 1 N–H and O–H groups in total. The maximum absolute atomic E-state index is 10.8. The highest BCUT2D eigenvalue weighted by molar-refractivity contribution is 7.14. The summed E-state index contributed by atoms with van der Waals surface area (Å²) in [7, 11) is 1.62. The average Bonchev–Trinajstić information content (AvgIpc) is 3.11. The summed E-state index contributed by atoms with van der Waals surface area (Å²) < 4.78 is 5.14. The lowest BCUT2D eigenvalue weighted by Crippen LogP contribution is -1.92. The van der Waals surface area contributed by atoms with E-state index in [1.165, 1.54) is 29.7 Å². The van der Waals surface area contributed by atoms with Crippen molar-refractivity contribution in [1.29, 1.82) is 0 Å². The molecule has 3 aromatic rings. The average molecular weight is 354 g/mol. The highest BCUT2D eigenvalue weighted by atomic mass is 32.1. The van der Waals surface area contributed by atoms with Gasteiger partial charge in [0.15, 0.2) is 0 Å². The van der Waals surface area contributed by atoms with Gasteiger partial charge < -0.3 is 4.74 Å². The van der Waals surface area contributed by atoms with Crippen molar-refractivity contribution in [2.45, 2.75) is 0 Å². The first-order valence-corrected chi connectivity index (χ1v) is 8.17. The Morgan fingerprint density at radius 1 is 1.28 bits per heavy atom. The molecular weight excluding hydrogens is 340 g/mol. The lowest BCUT2D eigenvalue weighted by Gasteiger charge is -2.00. The number of nitrogens with one attached hydrogen (secondary N) is 1. The lowest BCUT2D eigenvalue weighted by atomic mass is 10.2. The first-order valence-electron chi connectivity index (χ1n) is 7.29. The van der Waals surface area contributed by atoms with Crippen molar-refractivity contribution >= 4 is 28.4 Å². The molecular formula is C17H14N4O3S. The summed E-state index contributed by atoms with van der Waals surface area (Å²) in [5.74, 6) is 0.791. The fraction of sp³-hybridized carbons (Fsp3) is 0.0588. The number of methoxy groups -OCH3 is 1. The predicted octanol–water partition coefficient (Wildman–Crippen LogP) is 4.17. The summed E-state index contributed by atoms with van der Waals surface area (Å²) in [6.45, 7) is 0. The van der Waals surface area contributed by atoms with Crippen molar-refractivity contribution in [2.24, 2.45) is 5.10 Å². The van der Waals surface area contributed by atoms with E-state index in [0.717, 1.165) is 17.0 Å². The van der Waals surface area contributed by atoms with Crippen molar-refractivity contribution in [1.82, 2.24) is 4.98 Å². The van der Waals surface area contributed by atoms with Crippen molar-refractivity contribution in [2.75, 3.05) is 12.5 Å². The Labute approximate surface area is 147 Å². The van der Waals surface area contributed by atoms with Gasteiger partial charge in [0.25, 0.3) is 5.69 Å². The van der Waals surface area contributed by atoms with Gasteiger partial charge in [-0.2, -0.15) is 5.10 Å². The molecule has 1 aromatic heterocycles. The monoisotopic (exact) mass is 354 g/mol. The van der Waals surface area contributed by atoms with Gasteiger partial charge in [-0.15, -0.1) is 11.3 Å². The fourth-order valence-electron chi connectivity index (χ4n) is 2.10. The third-order valence-electron chi connectivity index (χ3n) is 3.34. The lowest BCUT2D eigenvalue weighted by molar-refractivity contribution is -0.384. The van der Waals surface area contributed by atoms with Crippen LogP contribution in [0.4, 0.5) is 10.8 Å². The van der Waals surface area contributed by atoms with Gasteiger partial charge in [-0.05, 0) is 24.3 Å². The van der Waals surface area contributed by atoms with Crippen LogP contribution in [0.3, 0.4) is 0 Å². The van der Waals surface area contributed by atoms with E-state index in [4.69, 9.17) is 4.74 Å². The molecule has 0 atom stereocenters. The van der Waals surface area contributed by atoms with E-state index < -0.39 is 4.92 Å². The number of nitro groups is 1. The maximum atomic E-state index is 10.8. The largest absolute Gasteiger partial charge is 0.497 e. The summed E-state index contributed by atoms with van der Waals surface area (Å²) in [6, 6.07) is 13.9. The third kappa shape index (κ3) is 4.18. The van der Waals surface area contributed by atoms with Crippen LogP contribution in [0, 0.1) is 10.1 Å². The maximum Gasteiger partial charge on any atom is 0.270 e. The number of benzene rings is 2. The van der Waals surface area contributed by atoms with Crippen LogP contribution in [0.2, 0.25) is 0 Å². The van der Waals surface area contributed by atoms with E-state index in [0.29, 0.717) is 10.7 Å². The SMILES string of the molecule is COc1ccc(-c2csc(N/N=C\c3cccc([N+](=O)[O-])c3)n2)cc1. The summed E-state index contributed by atoms with van der Waals surface area (Å²) in [5, 5.41) is 17.4. The van der Waals surface area contributed by atoms with Crippen LogP contribution in [-0.4, -0.2) is 23.2 Å². The number of thiazole rings is 1. The number of rotatable bonds is 6. The second-order valence-corrected chi connectivity index (χ2v) is 5.85. The van der Waals surface area contributed by atoms with Gasteiger partial charge in [0.05, 0.1) is 23.9 Å². The van der Waals surface area contributed by atoms with Crippen molar-refractivity contribution < 1.29 is 9.66 Å². The Bertz CT molecular complexity index is 906. The molecule has 0 aliphatic rings. The Hall–Kier alpha value is -3.26. The molecule has 0 radical (unpaired) electrons. The Balaban J connectivity index is 1.67. The van der Waals surface area contributed by atoms with Crippen LogP contribution in [0.1, 0.15) is 5.56 Å². The van der Waals surface area contributed by atoms with E-state index in [9.17, 15) is 10.1 Å². The molecule has 0 aliphatic carbocycles. The summed E-state index contributed by atoms with van der Waals surface area (Å²) in [4.78, 5) is 14.8. The third-order valence-corrected chi connectivity index (χ3v) is 4.09. The van der Waals surface area contributed by atoms with Crippen LogP contribution in [-0.2, 0) is 0 Å². The molecule has 0 aliphatic heterocycles. The van der Waals surface area contributed by atoms with E-state index in [1.54, 1.807) is 19.2 Å². The van der Waals surface area contributed by atoms with E-state index in [-0.39, 0.29) is 5.69 Å². The number of hydrogen-bond acceptors (Lipinski definition) is 7. The molecule has 126 valence electrons. The van der Waals surface area contributed by atoms with Gasteiger partial charge in [-0.25, -0.2) is 4.98 Å². The molecule has 2 aromatic carbocycles. The number of non-ortho nitro benzene ring substituents is 1. The molecule has 7 nitrogen and oxygen atoms in total. The standard InChI is InChI=1S/C17H14N4O3S/c1-24-15-7-5-13(6-8-15)16-11-25-17(19-16)20-18-10-12-3-2-4-14(9-12)21(22)23/h2-11H,1H3,(H,19,20)/b18-10-. The summed E-state index contributed by atoms with van der Waals surface area (Å²) >= 11 is 1.42. The van der Waals surface area contributed by atoms with Crippen LogP contribution >= 0.6 is 11.3 Å². The number of anilines is 1. The molecule has 0 bridgehead atoms. The molecule has 3 rings (SSSR count). The zero-order valence-corrected chi connectivity index (χ0v) is 14.1. The van der Waals surface area contributed by atoms with Gasteiger partial charge in [-0.1, -0.05) is 12.1 Å². The van der Waals surface area contributed by atoms with Crippen molar-refractivity contribution in [3.8, 4) is 17.0 Å². The van der Waals surface area contributed by atoms with Crippen molar-refractivity contribution in [3.63, 3.8) is 0 Å². The Kier molecular flexibility index (Phi) is 5.00. The number of aromatic nitrogens is 1. The molecule has 0 fully saturated rings. The van der Waals surface area contributed by atoms with Gasteiger partial charge in [0, 0.05) is 28.6 Å². The molecule has 0 spiro atoms. The minimum atomic E-state index is -0.438. The first kappa shape index (κ1) is 16.6. The number of nitro benzene ring substituents is 1. The van der Waals surface area contributed by atoms with Crippen LogP contribution in [0.15, 0.2) is 59.0 Å². The molecule has 1 heterocycles. The van der Waals surface area contributed by atoms with Gasteiger partial charge >= 0.3 is 0 Å². The second kappa shape index (κ2) is 7.54. The zero-order chi connectivity index (χ0) is 17.6. The quantitative estimate of drug-likeness (QED) is 0.407. The number of hydrazone groups is 1. The van der Waals surface area contributed by atoms with Crippen LogP contribution in [0.5, 0.6) is 5.75 Å². The van der Waals surface area contributed by atoms with Gasteiger partial charge in [0.1, 0.15) is 5.75 Å². The first-order chi connectivity index (χ1) is 12.2. The minimum absolute atomic E-state index is 0.0278. The summed E-state index contributed by atoms with van der Waals surface area (Å²) in [5.41, 5.74) is 5.31. The zero-order valence-electron chi connectivity index (χ0n) is 13.2. The van der Waals surface area contributed by atoms with Gasteiger partial charge in [-0.3, -0.25) is 15.5 Å².